The minimum Gasteiger partial charge on any atom is -0.496 e. The number of imidazole rings is 1. The van der Waals surface area contributed by atoms with Crippen molar-refractivity contribution in [1.82, 2.24) is 33.8 Å². The van der Waals surface area contributed by atoms with Crippen LogP contribution in [-0.4, -0.2) is 67.6 Å². The normalized spacial score (nSPS) is 14.4. The van der Waals surface area contributed by atoms with E-state index >= 15 is 4.39 Å². The van der Waals surface area contributed by atoms with E-state index in [1.165, 1.54) is 21.4 Å². The third-order valence-corrected chi connectivity index (χ3v) is 6.85. The van der Waals surface area contributed by atoms with Crippen molar-refractivity contribution in [2.24, 2.45) is 20.0 Å². The topological polar surface area (TPSA) is 92.2 Å². The molecule has 0 N–H and O–H groups in total. The van der Waals surface area contributed by atoms with Gasteiger partial charge in [0.25, 0.3) is 0 Å². The number of benzene rings is 1. The molecule has 5 aromatic rings. The second kappa shape index (κ2) is 8.70. The van der Waals surface area contributed by atoms with E-state index in [0.29, 0.717) is 46.0 Å². The van der Waals surface area contributed by atoms with Crippen molar-refractivity contribution >= 4 is 21.9 Å². The van der Waals surface area contributed by atoms with Gasteiger partial charge in [-0.3, -0.25) is 14.2 Å². The van der Waals surface area contributed by atoms with Crippen LogP contribution >= 0.6 is 0 Å². The van der Waals surface area contributed by atoms with Crippen molar-refractivity contribution in [2.75, 3.05) is 33.9 Å². The highest BCUT2D eigenvalue weighted by Gasteiger charge is 2.25. The smallest absolute Gasteiger partial charge is 0.334 e. The van der Waals surface area contributed by atoms with Gasteiger partial charge in [0.1, 0.15) is 11.5 Å². The number of hydrogen-bond acceptors (Lipinski definition) is 7. The summed E-state index contributed by atoms with van der Waals surface area (Å²) in [6.07, 6.45) is 6.66. The third kappa shape index (κ3) is 3.82. The highest BCUT2D eigenvalue weighted by molar-refractivity contribution is 6.05. The maximum Gasteiger partial charge on any atom is 0.334 e. The van der Waals surface area contributed by atoms with Crippen molar-refractivity contribution in [1.29, 1.82) is 0 Å². The van der Waals surface area contributed by atoms with E-state index in [0.717, 1.165) is 24.2 Å². The van der Waals surface area contributed by atoms with Crippen LogP contribution in [0.15, 0.2) is 47.8 Å². The molecule has 0 spiro atoms. The lowest BCUT2D eigenvalue weighted by atomic mass is 10.0. The molecule has 10 nitrogen and oxygen atoms in total. The van der Waals surface area contributed by atoms with Gasteiger partial charge in [-0.05, 0) is 13.1 Å². The molecule has 11 heteroatoms. The molecule has 0 saturated carbocycles. The highest BCUT2D eigenvalue weighted by Crippen LogP contribution is 2.36. The number of nitrogens with zero attached hydrogens (tertiary/aromatic N) is 7. The molecule has 1 fully saturated rings. The number of hydrogen-bond donors (Lipinski definition) is 0. The summed E-state index contributed by atoms with van der Waals surface area (Å²) in [4.78, 5) is 24.4. The van der Waals surface area contributed by atoms with Crippen LogP contribution in [0, 0.1) is 11.7 Å². The number of pyridine rings is 2. The van der Waals surface area contributed by atoms with E-state index in [4.69, 9.17) is 9.47 Å². The number of rotatable bonds is 6. The molecule has 6 rings (SSSR count). The first kappa shape index (κ1) is 23.2. The molecule has 1 saturated heterocycles. The molecule has 1 aliphatic heterocycles. The van der Waals surface area contributed by atoms with Crippen molar-refractivity contribution in [3.63, 3.8) is 0 Å². The van der Waals surface area contributed by atoms with Gasteiger partial charge in [-0.25, -0.2) is 18.7 Å². The van der Waals surface area contributed by atoms with Gasteiger partial charge in [0.15, 0.2) is 11.6 Å². The molecule has 4 aromatic heterocycles. The summed E-state index contributed by atoms with van der Waals surface area (Å²) in [5, 5.41) is 4.92. The summed E-state index contributed by atoms with van der Waals surface area (Å²) in [5.74, 6) is 0.611. The molecule has 5 heterocycles. The van der Waals surface area contributed by atoms with Gasteiger partial charge in [0, 0.05) is 67.9 Å². The summed E-state index contributed by atoms with van der Waals surface area (Å²) in [6, 6.07) is 4.97. The largest absolute Gasteiger partial charge is 0.496 e. The van der Waals surface area contributed by atoms with Crippen molar-refractivity contribution in [3.8, 4) is 28.4 Å². The van der Waals surface area contributed by atoms with Gasteiger partial charge in [-0.1, -0.05) is 0 Å². The lowest BCUT2D eigenvalue weighted by Crippen LogP contribution is -2.46. The average Bonchev–Trinajstić information content (AvgIpc) is 3.41. The van der Waals surface area contributed by atoms with E-state index in [1.54, 1.807) is 37.3 Å². The van der Waals surface area contributed by atoms with Gasteiger partial charge in [0.2, 0.25) is 0 Å². The first-order chi connectivity index (χ1) is 17.8. The van der Waals surface area contributed by atoms with Crippen LogP contribution in [0.1, 0.15) is 0 Å². The third-order valence-electron chi connectivity index (χ3n) is 6.85. The lowest BCUT2D eigenvalue weighted by Gasteiger charge is -2.35. The summed E-state index contributed by atoms with van der Waals surface area (Å²) < 4.78 is 31.2. The van der Waals surface area contributed by atoms with Crippen LogP contribution in [0.5, 0.6) is 11.5 Å². The van der Waals surface area contributed by atoms with Crippen molar-refractivity contribution in [3.05, 3.63) is 59.3 Å². The number of aryl methyl sites for hydroxylation is 2. The minimum atomic E-state index is -0.649. The Morgan fingerprint density at radius 3 is 2.57 bits per heavy atom. The van der Waals surface area contributed by atoms with Gasteiger partial charge in [-0.15, -0.1) is 0 Å². The zero-order valence-electron chi connectivity index (χ0n) is 21.0. The number of methoxy groups -OCH3 is 1. The summed E-state index contributed by atoms with van der Waals surface area (Å²) in [6.45, 7) is 2.40. The van der Waals surface area contributed by atoms with Gasteiger partial charge >= 0.3 is 5.69 Å². The van der Waals surface area contributed by atoms with Crippen LogP contribution in [0.3, 0.4) is 0 Å². The Hall–Kier alpha value is -4.25. The maximum absolute atomic E-state index is 15.4. The molecule has 37 heavy (non-hydrogen) atoms. The summed E-state index contributed by atoms with van der Waals surface area (Å²) in [5.41, 5.74) is 2.84. The number of likely N-dealkylation sites (tertiary alicyclic amines) is 1. The van der Waals surface area contributed by atoms with E-state index in [1.807, 2.05) is 26.4 Å². The monoisotopic (exact) mass is 503 g/mol. The number of aromatic nitrogens is 6. The second-order valence-electron chi connectivity index (χ2n) is 9.52. The van der Waals surface area contributed by atoms with E-state index in [-0.39, 0.29) is 5.82 Å². The summed E-state index contributed by atoms with van der Waals surface area (Å²) in [7, 11) is 7.09. The van der Waals surface area contributed by atoms with Gasteiger partial charge in [-0.2, -0.15) is 5.10 Å². The standard InChI is InChI=1S/C26H26FN7O3/c1-31-11-15(12-31)14-37-17-5-20(27)25(29-9-17)34-24-19-6-18(16-8-30-32(2)13-16)23(36-4)7-21(19)28-10-22(24)33(3)26(34)35/h5-10,13,15H,11-12,14H2,1-4H3. The van der Waals surface area contributed by atoms with Crippen LogP contribution < -0.4 is 15.2 Å². The molecule has 0 radical (unpaired) electrons. The highest BCUT2D eigenvalue weighted by atomic mass is 19.1. The molecule has 0 atom stereocenters. The molecular formula is C26H26FN7O3. The maximum atomic E-state index is 15.4. The molecule has 1 aromatic carbocycles. The average molecular weight is 504 g/mol. The van der Waals surface area contributed by atoms with Gasteiger partial charge < -0.3 is 14.4 Å². The van der Waals surface area contributed by atoms with E-state index in [9.17, 15) is 4.79 Å². The predicted octanol–water partition coefficient (Wildman–Crippen LogP) is 2.76. The van der Waals surface area contributed by atoms with Crippen LogP contribution in [-0.2, 0) is 14.1 Å². The molecule has 0 amide bonds. The molecule has 0 aliphatic carbocycles. The Labute approximate surface area is 211 Å². The molecule has 0 unspecified atom stereocenters. The SMILES string of the molecule is COc1cc2ncc3c(c2cc1-c1cnn(C)c1)n(-c1ncc(OCC2CN(C)C2)cc1F)c(=O)n3C. The Morgan fingerprint density at radius 1 is 1.08 bits per heavy atom. The van der Waals surface area contributed by atoms with E-state index in [2.05, 4.69) is 20.0 Å². The Kier molecular flexibility index (Phi) is 5.45. The minimum absolute atomic E-state index is 0.0995. The van der Waals surface area contributed by atoms with Crippen molar-refractivity contribution in [2.45, 2.75) is 0 Å². The Bertz CT molecular complexity index is 1720. The van der Waals surface area contributed by atoms with Crippen LogP contribution in [0.4, 0.5) is 4.39 Å². The zero-order chi connectivity index (χ0) is 25.8. The molecule has 190 valence electrons. The first-order valence-electron chi connectivity index (χ1n) is 11.9. The van der Waals surface area contributed by atoms with E-state index < -0.39 is 11.5 Å². The first-order valence-corrected chi connectivity index (χ1v) is 11.9. The Balaban J connectivity index is 1.51. The number of fused-ring (bicyclic) bond motifs is 3. The number of ether oxygens (including phenoxy) is 2. The quantitative estimate of drug-likeness (QED) is 0.352. The van der Waals surface area contributed by atoms with Gasteiger partial charge in [0.05, 0.1) is 48.9 Å². The fraction of sp³-hybridized carbons (Fsp3) is 0.308. The fourth-order valence-electron chi connectivity index (χ4n) is 4.98. The van der Waals surface area contributed by atoms with Crippen LogP contribution in [0.25, 0.3) is 38.9 Å². The van der Waals surface area contributed by atoms with Crippen LogP contribution in [0.2, 0.25) is 0 Å². The predicted molar refractivity (Wildman–Crippen MR) is 137 cm³/mol. The fourth-order valence-corrected chi connectivity index (χ4v) is 4.98. The molecule has 1 aliphatic rings. The summed E-state index contributed by atoms with van der Waals surface area (Å²) >= 11 is 0. The second-order valence-corrected chi connectivity index (χ2v) is 9.52. The zero-order valence-corrected chi connectivity index (χ0v) is 21.0. The van der Waals surface area contributed by atoms with Crippen molar-refractivity contribution < 1.29 is 13.9 Å². The number of halogens is 1. The molecule has 0 bridgehead atoms. The Morgan fingerprint density at radius 2 is 1.89 bits per heavy atom. The molecular weight excluding hydrogens is 477 g/mol. The lowest BCUT2D eigenvalue weighted by molar-refractivity contribution is 0.0854.